The number of carbonyl (C=O) groups excluding carboxylic acids is 2. The van der Waals surface area contributed by atoms with Gasteiger partial charge in [0, 0.05) is 23.3 Å². The number of nitrogens with one attached hydrogen (secondary N) is 2. The maximum Gasteiger partial charge on any atom is 0.433 e. The van der Waals surface area contributed by atoms with E-state index in [1.165, 1.54) is 30.4 Å². The summed E-state index contributed by atoms with van der Waals surface area (Å²) in [5.74, 6) is -1.87. The minimum atomic E-state index is -4.78. The molecular weight excluding hydrogens is 477 g/mol. The second-order valence-electron chi connectivity index (χ2n) is 6.97. The molecule has 0 aliphatic heterocycles. The third-order valence-electron chi connectivity index (χ3n) is 4.68. The van der Waals surface area contributed by atoms with Gasteiger partial charge in [-0.05, 0) is 30.5 Å². The first-order valence-corrected chi connectivity index (χ1v) is 10.3. The van der Waals surface area contributed by atoms with E-state index in [1.54, 1.807) is 17.5 Å². The molecule has 3 aromatic heterocycles. The van der Waals surface area contributed by atoms with E-state index in [0.29, 0.717) is 15.0 Å². The van der Waals surface area contributed by atoms with Crippen molar-refractivity contribution in [2.75, 3.05) is 0 Å². The molecule has 0 radical (unpaired) electrons. The molecule has 10 nitrogen and oxygen atoms in total. The van der Waals surface area contributed by atoms with E-state index in [0.717, 1.165) is 18.2 Å². The summed E-state index contributed by atoms with van der Waals surface area (Å²) in [5, 5.41) is 16.4. The van der Waals surface area contributed by atoms with Crippen molar-refractivity contribution in [3.8, 4) is 10.6 Å². The van der Waals surface area contributed by atoms with E-state index in [2.05, 4.69) is 15.5 Å². The smallest absolute Gasteiger partial charge is 0.267 e. The van der Waals surface area contributed by atoms with Gasteiger partial charge in [-0.1, -0.05) is 12.1 Å². The number of rotatable bonds is 4. The fraction of sp³-hybridized carbons (Fsp3) is 0.100. The van der Waals surface area contributed by atoms with Gasteiger partial charge in [-0.15, -0.1) is 11.3 Å². The standard InChI is InChI=1S/C20H13F3N6O4S/c1-10-4-5-11(7-14(10)29(32)33)18(30)25-26-19(31)13-9-17-24-12(15-3-2-6-34-15)8-16(20(21,22)23)28(17)27-13/h2-9H,1H3,(H,25,30)(H,26,31). The SMILES string of the molecule is Cc1ccc(C(=O)NNC(=O)c2cc3nc(-c4cccs4)cc(C(F)(F)F)n3n2)cc1[N+](=O)[O-]. The molecule has 0 spiro atoms. The number of hydrazine groups is 1. The molecule has 0 atom stereocenters. The molecule has 0 bridgehead atoms. The second-order valence-corrected chi connectivity index (χ2v) is 7.92. The van der Waals surface area contributed by atoms with Crippen molar-refractivity contribution in [1.29, 1.82) is 0 Å². The van der Waals surface area contributed by atoms with E-state index in [9.17, 15) is 32.9 Å². The Labute approximate surface area is 192 Å². The number of amides is 2. The van der Waals surface area contributed by atoms with Crippen LogP contribution in [0.3, 0.4) is 0 Å². The van der Waals surface area contributed by atoms with Crippen LogP contribution in [0.5, 0.6) is 0 Å². The molecule has 2 amide bonds. The molecule has 4 aromatic rings. The minimum absolute atomic E-state index is 0.0657. The van der Waals surface area contributed by atoms with Gasteiger partial charge in [0.05, 0.1) is 15.5 Å². The number of carbonyl (C=O) groups is 2. The third kappa shape index (κ3) is 4.43. The van der Waals surface area contributed by atoms with Gasteiger partial charge >= 0.3 is 6.18 Å². The Bertz CT molecular complexity index is 1430. The van der Waals surface area contributed by atoms with Gasteiger partial charge in [0.15, 0.2) is 17.0 Å². The van der Waals surface area contributed by atoms with Crippen LogP contribution in [0, 0.1) is 17.0 Å². The zero-order valence-electron chi connectivity index (χ0n) is 17.1. The molecule has 3 heterocycles. The van der Waals surface area contributed by atoms with E-state index in [-0.39, 0.29) is 22.6 Å². The molecular formula is C20H13F3N6O4S. The van der Waals surface area contributed by atoms with Crippen molar-refractivity contribution < 1.29 is 27.7 Å². The monoisotopic (exact) mass is 490 g/mol. The number of thiophene rings is 1. The van der Waals surface area contributed by atoms with Crippen molar-refractivity contribution in [2.24, 2.45) is 0 Å². The van der Waals surface area contributed by atoms with Crippen molar-refractivity contribution in [3.05, 3.63) is 80.5 Å². The third-order valence-corrected chi connectivity index (χ3v) is 5.57. The summed E-state index contributed by atoms with van der Waals surface area (Å²) in [4.78, 5) is 39.7. The van der Waals surface area contributed by atoms with Crippen LogP contribution >= 0.6 is 11.3 Å². The number of aromatic nitrogens is 3. The highest BCUT2D eigenvalue weighted by Crippen LogP contribution is 2.33. The van der Waals surface area contributed by atoms with Crippen LogP contribution < -0.4 is 10.9 Å². The lowest BCUT2D eigenvalue weighted by Gasteiger charge is -2.10. The van der Waals surface area contributed by atoms with Crippen LogP contribution in [0.2, 0.25) is 0 Å². The number of nitrogens with zero attached hydrogens (tertiary/aromatic N) is 4. The number of nitro benzene ring substituents is 1. The topological polar surface area (TPSA) is 132 Å². The van der Waals surface area contributed by atoms with Crippen LogP contribution in [0.25, 0.3) is 16.2 Å². The molecule has 0 fully saturated rings. The second kappa shape index (κ2) is 8.55. The Balaban J connectivity index is 1.59. The average molecular weight is 490 g/mol. The van der Waals surface area contributed by atoms with Gasteiger partial charge in [-0.3, -0.25) is 30.6 Å². The van der Waals surface area contributed by atoms with Gasteiger partial charge in [0.1, 0.15) is 0 Å². The summed E-state index contributed by atoms with van der Waals surface area (Å²) in [7, 11) is 0. The number of benzene rings is 1. The molecule has 0 saturated heterocycles. The lowest BCUT2D eigenvalue weighted by molar-refractivity contribution is -0.385. The van der Waals surface area contributed by atoms with Gasteiger partial charge in [-0.2, -0.15) is 18.3 Å². The van der Waals surface area contributed by atoms with Gasteiger partial charge in [0.25, 0.3) is 17.5 Å². The number of hydrogen-bond acceptors (Lipinski definition) is 7. The lowest BCUT2D eigenvalue weighted by atomic mass is 10.1. The van der Waals surface area contributed by atoms with Crippen LogP contribution in [-0.4, -0.2) is 31.3 Å². The maximum atomic E-state index is 13.6. The number of aryl methyl sites for hydroxylation is 1. The quantitative estimate of drug-likeness (QED) is 0.331. The van der Waals surface area contributed by atoms with Crippen molar-refractivity contribution in [1.82, 2.24) is 25.4 Å². The highest BCUT2D eigenvalue weighted by Gasteiger charge is 2.35. The molecule has 2 N–H and O–H groups in total. The largest absolute Gasteiger partial charge is 0.433 e. The van der Waals surface area contributed by atoms with Crippen LogP contribution in [-0.2, 0) is 6.18 Å². The predicted octanol–water partition coefficient (Wildman–Crippen LogP) is 3.77. The van der Waals surface area contributed by atoms with Gasteiger partial charge < -0.3 is 0 Å². The van der Waals surface area contributed by atoms with E-state index in [4.69, 9.17) is 0 Å². The van der Waals surface area contributed by atoms with Gasteiger partial charge in [-0.25, -0.2) is 9.50 Å². The molecule has 14 heteroatoms. The Kier molecular flexibility index (Phi) is 5.75. The molecule has 0 unspecified atom stereocenters. The Morgan fingerprint density at radius 1 is 1.12 bits per heavy atom. The van der Waals surface area contributed by atoms with Crippen LogP contribution in [0.1, 0.15) is 32.1 Å². The van der Waals surface area contributed by atoms with Gasteiger partial charge in [0.2, 0.25) is 0 Å². The average Bonchev–Trinajstić information content (AvgIpc) is 3.45. The fourth-order valence-electron chi connectivity index (χ4n) is 3.03. The molecule has 34 heavy (non-hydrogen) atoms. The van der Waals surface area contributed by atoms with E-state index >= 15 is 0 Å². The zero-order valence-corrected chi connectivity index (χ0v) is 17.9. The molecule has 1 aromatic carbocycles. The number of hydrogen-bond donors (Lipinski definition) is 2. The Morgan fingerprint density at radius 2 is 1.85 bits per heavy atom. The molecule has 4 rings (SSSR count). The summed E-state index contributed by atoms with van der Waals surface area (Å²) < 4.78 is 41.4. The van der Waals surface area contributed by atoms with Crippen molar-refractivity contribution in [2.45, 2.75) is 13.1 Å². The summed E-state index contributed by atoms with van der Waals surface area (Å²) in [5.41, 5.74) is 2.32. The Hall–Kier alpha value is -4.33. The summed E-state index contributed by atoms with van der Waals surface area (Å²) >= 11 is 1.20. The molecule has 174 valence electrons. The van der Waals surface area contributed by atoms with Crippen LogP contribution in [0.15, 0.2) is 47.8 Å². The highest BCUT2D eigenvalue weighted by molar-refractivity contribution is 7.13. The fourth-order valence-corrected chi connectivity index (χ4v) is 3.72. The van der Waals surface area contributed by atoms with E-state index < -0.39 is 34.3 Å². The lowest BCUT2D eigenvalue weighted by Crippen LogP contribution is -2.41. The first-order valence-electron chi connectivity index (χ1n) is 9.42. The molecule has 0 aliphatic rings. The Morgan fingerprint density at radius 3 is 2.50 bits per heavy atom. The summed E-state index contributed by atoms with van der Waals surface area (Å²) in [6.07, 6.45) is -4.78. The number of fused-ring (bicyclic) bond motifs is 1. The minimum Gasteiger partial charge on any atom is -0.267 e. The van der Waals surface area contributed by atoms with E-state index in [1.807, 2.05) is 5.43 Å². The van der Waals surface area contributed by atoms with Crippen LogP contribution in [0.4, 0.5) is 18.9 Å². The van der Waals surface area contributed by atoms with Crippen molar-refractivity contribution in [3.63, 3.8) is 0 Å². The highest BCUT2D eigenvalue weighted by atomic mass is 32.1. The normalized spacial score (nSPS) is 11.4. The summed E-state index contributed by atoms with van der Waals surface area (Å²) in [6, 6.07) is 8.88. The number of halogens is 3. The molecule has 0 aliphatic carbocycles. The first-order chi connectivity index (χ1) is 16.0. The van der Waals surface area contributed by atoms with Crippen molar-refractivity contribution >= 4 is 34.5 Å². The zero-order chi connectivity index (χ0) is 24.6. The summed E-state index contributed by atoms with van der Waals surface area (Å²) in [6.45, 7) is 1.50. The first kappa shape index (κ1) is 22.8. The maximum absolute atomic E-state index is 13.6. The molecule has 0 saturated carbocycles. The number of alkyl halides is 3. The predicted molar refractivity (Wildman–Crippen MR) is 114 cm³/mol. The number of nitro groups is 1.